The Balaban J connectivity index is 0.000000279. The number of hydrogen-bond acceptors (Lipinski definition) is 21. The van der Waals surface area contributed by atoms with E-state index in [1.807, 2.05) is 114 Å². The quantitative estimate of drug-likeness (QED) is 0.0416. The number of carboxylic acid groups (broad SMARTS) is 1. The van der Waals surface area contributed by atoms with Crippen LogP contribution >= 0.6 is 0 Å². The van der Waals surface area contributed by atoms with E-state index in [2.05, 4.69) is 51.3 Å². The van der Waals surface area contributed by atoms with Gasteiger partial charge in [-0.25, -0.2) is 33.5 Å². The van der Waals surface area contributed by atoms with Gasteiger partial charge >= 0.3 is 12.1 Å². The molecule has 0 radical (unpaired) electrons. The minimum atomic E-state index is -4.02. The van der Waals surface area contributed by atoms with Crippen molar-refractivity contribution in [3.63, 3.8) is 0 Å². The van der Waals surface area contributed by atoms with Crippen LogP contribution in [-0.2, 0) is 46.1 Å². The molecular weight excluding hydrogens is 1440 g/mol. The summed E-state index contributed by atoms with van der Waals surface area (Å²) in [6.07, 6.45) is 0.284. The number of ether oxygens (including phenoxy) is 5. The standard InChI is InChI=1S/C20H27FN2O4.C15H19FN2O2.C12H17NO3.C12H15NO2.C11H13NO2.C7H8O3S.C5H10O2/c1-19(2,3)17-23-15-8-7-14(9-16(15)26-17)25-12-13(10-21)11-22-18(24)27-20(4,5)6;1-15(2,3)14-18-12-5-4-11(6-13(12)20-14)19-9-10(7-16)8-17;1-12(2,3)11(15)13-9-6-5-8(16-4)7-10(9)14;1-12(2,3)11-13-9-6-5-8(14-4)7-10(9)15-11;1-11(2,3)10-12-8-5-4-7(13)6-9(8)14-10;1-6-2-4-7(5-3-6)11(8,9)10;1-5(2,3)4(6)7/h7-10H,11-12H2,1-6H3,(H,22,24);4-7H,8-9,17H2,1-3H3;5-7,14H,1-4H3,(H,13,15);5-7H,1-4H3;4-6,13H,1-3H3;2-5H,1H3,(H,8,9,10);1-3H3,(H,6,7)/b13-10+;10-7+;;;;;. The third-order valence-corrected chi connectivity index (χ3v) is 15.5. The topological polar surface area (TPSA) is 367 Å². The van der Waals surface area contributed by atoms with Crippen molar-refractivity contribution in [3.8, 4) is 34.5 Å². The predicted octanol–water partition coefficient (Wildman–Crippen LogP) is 18.9. The minimum Gasteiger partial charge on any atom is -0.508 e. The molecule has 0 aliphatic rings. The molecule has 110 heavy (non-hydrogen) atoms. The highest BCUT2D eigenvalue weighted by molar-refractivity contribution is 7.85. The molecule has 6 aromatic carbocycles. The Morgan fingerprint density at radius 2 is 0.864 bits per heavy atom. The number of benzene rings is 6. The lowest BCUT2D eigenvalue weighted by Crippen LogP contribution is -2.34. The van der Waals surface area contributed by atoms with Crippen LogP contribution < -0.4 is 35.3 Å². The number of aromatic hydroxyl groups is 2. The normalized spacial score (nSPS) is 12.2. The molecule has 4 heterocycles. The second-order valence-corrected chi connectivity index (χ2v) is 33.8. The highest BCUT2D eigenvalue weighted by Gasteiger charge is 2.27. The summed E-state index contributed by atoms with van der Waals surface area (Å²) in [6, 6.07) is 31.9. The molecule has 25 nitrogen and oxygen atoms in total. The number of nitrogens with two attached hydrogens (primary N) is 1. The number of amides is 2. The smallest absolute Gasteiger partial charge is 0.407 e. The Morgan fingerprint density at radius 3 is 1.20 bits per heavy atom. The Hall–Kier alpha value is -10.6. The van der Waals surface area contributed by atoms with E-state index in [1.165, 1.54) is 25.3 Å². The zero-order chi connectivity index (χ0) is 83.3. The number of hydrogen-bond donors (Lipinski definition) is 7. The van der Waals surface area contributed by atoms with Crippen molar-refractivity contribution in [2.45, 2.75) is 184 Å². The van der Waals surface area contributed by atoms with Crippen molar-refractivity contribution in [1.82, 2.24) is 25.3 Å². The highest BCUT2D eigenvalue weighted by atomic mass is 32.2. The molecule has 0 bridgehead atoms. The van der Waals surface area contributed by atoms with Crippen molar-refractivity contribution >= 4 is 78.2 Å². The Labute approximate surface area is 642 Å². The molecule has 0 unspecified atom stereocenters. The average molecular weight is 1550 g/mol. The van der Waals surface area contributed by atoms with E-state index >= 15 is 0 Å². The number of halogens is 2. The van der Waals surface area contributed by atoms with E-state index in [0.29, 0.717) is 75.6 Å². The van der Waals surface area contributed by atoms with E-state index < -0.39 is 38.6 Å². The number of aryl methyl sites for hydroxylation is 1. The molecule has 0 atom stereocenters. The summed E-state index contributed by atoms with van der Waals surface area (Å²) in [7, 11) is -0.862. The summed E-state index contributed by atoms with van der Waals surface area (Å²) in [5.74, 6) is 4.52. The van der Waals surface area contributed by atoms with E-state index in [9.17, 15) is 41.8 Å². The fraction of sp³-hybridized carbons (Fsp3) is 0.427. The zero-order valence-electron chi connectivity index (χ0n) is 67.5. The number of phenols is 2. The number of carbonyl (C=O) groups is 3. The first-order chi connectivity index (χ1) is 50.7. The first-order valence-corrected chi connectivity index (χ1v) is 36.4. The lowest BCUT2D eigenvalue weighted by atomic mass is 9.95. The van der Waals surface area contributed by atoms with Crippen LogP contribution in [0.4, 0.5) is 19.3 Å². The van der Waals surface area contributed by atoms with E-state index in [-0.39, 0.29) is 75.8 Å². The van der Waals surface area contributed by atoms with Crippen molar-refractivity contribution in [3.05, 3.63) is 168 Å². The molecule has 28 heteroatoms. The molecule has 4 aromatic heterocycles. The molecule has 2 amide bonds. The number of aromatic nitrogens is 4. The number of aliphatic carboxylic acids is 1. The van der Waals surface area contributed by atoms with Crippen molar-refractivity contribution in [2.75, 3.05) is 45.8 Å². The molecule has 0 aliphatic carbocycles. The lowest BCUT2D eigenvalue weighted by Gasteiger charge is -2.20. The van der Waals surface area contributed by atoms with Crippen LogP contribution in [0.5, 0.6) is 34.5 Å². The highest BCUT2D eigenvalue weighted by Crippen LogP contribution is 2.34. The van der Waals surface area contributed by atoms with E-state index in [4.69, 9.17) is 56.7 Å². The number of oxazole rings is 4. The second-order valence-electron chi connectivity index (χ2n) is 32.4. The first-order valence-electron chi connectivity index (χ1n) is 35.0. The number of alkyl carbamates (subject to hydrolysis) is 1. The summed E-state index contributed by atoms with van der Waals surface area (Å²) < 4.78 is 104. The lowest BCUT2D eigenvalue weighted by molar-refractivity contribution is -0.145. The van der Waals surface area contributed by atoms with Gasteiger partial charge in [-0.3, -0.25) is 14.1 Å². The summed E-state index contributed by atoms with van der Waals surface area (Å²) in [5.41, 5.74) is 11.0. The maximum Gasteiger partial charge on any atom is 0.407 e. The average Bonchev–Trinajstić information content (AvgIpc) is 1.68. The summed E-state index contributed by atoms with van der Waals surface area (Å²) in [4.78, 5) is 51.0. The molecule has 10 rings (SSSR count). The van der Waals surface area contributed by atoms with Gasteiger partial charge in [0.1, 0.15) is 75.4 Å². The number of nitrogens with zero attached hydrogens (tertiary/aromatic N) is 4. The Kier molecular flexibility index (Phi) is 32.3. The number of nitrogens with one attached hydrogen (secondary N) is 2. The van der Waals surface area contributed by atoms with Crippen molar-refractivity contribution in [1.29, 1.82) is 0 Å². The van der Waals surface area contributed by atoms with Gasteiger partial charge in [-0.15, -0.1) is 0 Å². The summed E-state index contributed by atoms with van der Waals surface area (Å²) in [6.45, 7) is 42.3. The summed E-state index contributed by atoms with van der Waals surface area (Å²) in [5, 5.41) is 32.3. The largest absolute Gasteiger partial charge is 0.508 e. The fourth-order valence-corrected chi connectivity index (χ4v) is 8.57. The monoisotopic (exact) mass is 1550 g/mol. The van der Waals surface area contributed by atoms with Crippen LogP contribution in [0.3, 0.4) is 0 Å². The third kappa shape index (κ3) is 30.5. The van der Waals surface area contributed by atoms with Gasteiger partial charge < -0.3 is 73.0 Å². The number of carboxylic acids is 1. The third-order valence-electron chi connectivity index (χ3n) is 14.6. The van der Waals surface area contributed by atoms with Gasteiger partial charge in [0.05, 0.1) is 42.9 Å². The van der Waals surface area contributed by atoms with Gasteiger partial charge in [0.15, 0.2) is 22.3 Å². The van der Waals surface area contributed by atoms with Gasteiger partial charge in [-0.2, -0.15) is 8.42 Å². The number of phenolic OH excluding ortho intramolecular Hbond substituents is 2. The van der Waals surface area contributed by atoms with Gasteiger partial charge in [-0.1, -0.05) is 122 Å². The maximum atomic E-state index is 13.1. The van der Waals surface area contributed by atoms with Gasteiger partial charge in [-0.05, 0) is 121 Å². The van der Waals surface area contributed by atoms with Crippen LogP contribution in [0, 0.1) is 17.8 Å². The molecule has 0 saturated heterocycles. The minimum absolute atomic E-state index is 0.00282. The summed E-state index contributed by atoms with van der Waals surface area (Å²) >= 11 is 0. The zero-order valence-corrected chi connectivity index (χ0v) is 68.3. The number of carbonyl (C=O) groups excluding carboxylic acids is 2. The number of anilines is 1. The van der Waals surface area contributed by atoms with Gasteiger partial charge in [0, 0.05) is 81.6 Å². The van der Waals surface area contributed by atoms with Crippen LogP contribution in [0.15, 0.2) is 162 Å². The Bertz CT molecular complexity index is 4850. The van der Waals surface area contributed by atoms with Crippen molar-refractivity contribution < 1.29 is 92.8 Å². The molecule has 0 saturated carbocycles. The maximum absolute atomic E-state index is 13.1. The molecule has 0 aliphatic heterocycles. The fourth-order valence-electron chi connectivity index (χ4n) is 8.09. The first kappa shape index (κ1) is 91.8. The number of methoxy groups -OCH3 is 2. The molecule has 0 fully saturated rings. The van der Waals surface area contributed by atoms with Crippen LogP contribution in [0.25, 0.3) is 44.4 Å². The Morgan fingerprint density at radius 1 is 0.509 bits per heavy atom. The van der Waals surface area contributed by atoms with Gasteiger partial charge in [0.2, 0.25) is 29.5 Å². The number of fused-ring (bicyclic) bond motifs is 4. The molecule has 600 valence electrons. The van der Waals surface area contributed by atoms with Crippen LogP contribution in [0.2, 0.25) is 0 Å². The van der Waals surface area contributed by atoms with Crippen LogP contribution in [0.1, 0.15) is 175 Å². The van der Waals surface area contributed by atoms with Gasteiger partial charge in [0.25, 0.3) is 10.1 Å². The molecule has 10 aromatic rings. The molecule has 0 spiro atoms. The SMILES string of the molecule is CC(C)(C)C(=O)O.CC(C)(C)OC(=O)NC/C(=C\F)COc1ccc2nc(C(C)(C)C)oc2c1.CC(C)(C)c1nc2ccc(O)cc2o1.CC(C)(C)c1nc2ccc(OC/C(=C/F)CN)cc2o1.COc1ccc(NC(=O)C(C)(C)C)c(O)c1.COc1ccc2nc(C(C)(C)C)oc2c1.Cc1ccc(S(=O)(=O)O)cc1. The van der Waals surface area contributed by atoms with E-state index in [0.717, 1.165) is 44.9 Å². The van der Waals surface area contributed by atoms with E-state index in [1.54, 1.807) is 121 Å². The van der Waals surface area contributed by atoms with Crippen LogP contribution in [-0.4, -0.2) is 112 Å². The second kappa shape index (κ2) is 38.7. The predicted molar refractivity (Wildman–Crippen MR) is 423 cm³/mol. The van der Waals surface area contributed by atoms with Crippen molar-refractivity contribution in [2.24, 2.45) is 16.6 Å². The molecule has 8 N–H and O–H groups in total. The molecular formula is C82H109F2N7O18S. The number of rotatable bonds is 13.